The molecule has 66 heavy (non-hydrogen) atoms. The topological polar surface area (TPSA) is 330 Å². The molecule has 0 saturated carbocycles. The number of phosphoric ester groups is 3. The molecule has 2 aliphatic rings. The van der Waals surface area contributed by atoms with Crippen LogP contribution in [0.15, 0.2) is 0 Å². The van der Waals surface area contributed by atoms with Crippen LogP contribution in [-0.4, -0.2) is 133 Å². The number of carbonyl (C=O) groups is 2. The molecule has 14 atom stereocenters. The molecule has 0 amide bonds. The fourth-order valence-corrected chi connectivity index (χ4v) is 10.6. The van der Waals surface area contributed by atoms with Gasteiger partial charge in [-0.25, -0.2) is 13.7 Å². The first kappa shape index (κ1) is 61.2. The third-order valence-electron chi connectivity index (χ3n) is 11.3. The van der Waals surface area contributed by atoms with E-state index in [0.717, 1.165) is 77.0 Å². The van der Waals surface area contributed by atoms with Crippen LogP contribution in [0, 0.1) is 11.8 Å². The first-order chi connectivity index (χ1) is 31.1. The van der Waals surface area contributed by atoms with Gasteiger partial charge < -0.3 is 63.7 Å². The summed E-state index contributed by atoms with van der Waals surface area (Å²) in [5.74, 6) is -4.31. The van der Waals surface area contributed by atoms with E-state index in [9.17, 15) is 63.3 Å². The van der Waals surface area contributed by atoms with Crippen molar-refractivity contribution in [3.8, 4) is 0 Å². The smallest absolute Gasteiger partial charge is 0.459 e. The number of unbranched alkanes of at least 4 members (excludes halogenated alkanes) is 12. The summed E-state index contributed by atoms with van der Waals surface area (Å²) in [4.78, 5) is 66.3. The number of esters is 2. The van der Waals surface area contributed by atoms with Gasteiger partial charge in [0.1, 0.15) is 36.6 Å². The molecule has 8 N–H and O–H groups in total. The molecule has 14 unspecified atom stereocenters. The van der Waals surface area contributed by atoms with Crippen LogP contribution in [0.5, 0.6) is 0 Å². The molecular weight excluding hydrogens is 937 g/mol. The summed E-state index contributed by atoms with van der Waals surface area (Å²) in [6, 6.07) is 0. The van der Waals surface area contributed by atoms with Crippen molar-refractivity contribution in [1.82, 2.24) is 0 Å². The van der Waals surface area contributed by atoms with Crippen LogP contribution in [0.25, 0.3) is 0 Å². The molecule has 0 aromatic rings. The Morgan fingerprint density at radius 2 is 1.08 bits per heavy atom. The van der Waals surface area contributed by atoms with Crippen LogP contribution < -0.4 is 0 Å². The van der Waals surface area contributed by atoms with E-state index in [1.807, 2.05) is 0 Å². The zero-order valence-electron chi connectivity index (χ0n) is 39.1. The third-order valence-corrected chi connectivity index (χ3v) is 14.5. The Morgan fingerprint density at radius 3 is 1.56 bits per heavy atom. The Hall–Kier alpha value is -0.970. The van der Waals surface area contributed by atoms with Crippen molar-refractivity contribution in [3.63, 3.8) is 0 Å². The molecule has 2 rings (SSSR count). The fourth-order valence-electron chi connectivity index (χ4n) is 7.69. The van der Waals surface area contributed by atoms with Crippen molar-refractivity contribution >= 4 is 35.4 Å². The van der Waals surface area contributed by atoms with Gasteiger partial charge in [-0.3, -0.25) is 23.2 Å². The van der Waals surface area contributed by atoms with Crippen LogP contribution in [-0.2, 0) is 64.9 Å². The van der Waals surface area contributed by atoms with Crippen LogP contribution in [0.2, 0.25) is 0 Å². The second-order valence-corrected chi connectivity index (χ2v) is 21.5. The first-order valence-corrected chi connectivity index (χ1v) is 28.0. The van der Waals surface area contributed by atoms with E-state index in [4.69, 9.17) is 32.7 Å². The van der Waals surface area contributed by atoms with Gasteiger partial charge in [0.05, 0.1) is 44.9 Å². The molecule has 0 aromatic heterocycles. The van der Waals surface area contributed by atoms with Gasteiger partial charge in [-0.2, -0.15) is 4.31 Å². The molecule has 0 aromatic carbocycles. The largest absolute Gasteiger partial charge is 0.483 e. The maximum Gasteiger partial charge on any atom is 0.483 e. The minimum Gasteiger partial charge on any atom is -0.459 e. The Balaban J connectivity index is 2.28. The summed E-state index contributed by atoms with van der Waals surface area (Å²) in [6.07, 6.45) is -1.69. The summed E-state index contributed by atoms with van der Waals surface area (Å²) < 4.78 is 85.3. The van der Waals surface area contributed by atoms with Gasteiger partial charge in [-0.15, -0.1) is 0 Å². The standard InChI is InChI=1S/C41H79O22P3/c1-6-9-11-13-15-17-19-21-30(43)24-34(45)59-37-28(4)41(62-66(53,54)63-65(51,52)56-23-8-3)58-33(36(37)47)27-55-40-29(5)38(39(32(26-42)57-40)61-64(48,49)50)60-35(46)25-31(44)22-20-18-16-14-12-10-7-2/h28-33,36-44,47H,6-27H2,1-5H3,(H,51,52)(H,53,54)(H2,48,49,50). The number of phosphoric acid groups is 3. The van der Waals surface area contributed by atoms with Crippen molar-refractivity contribution < 1.29 is 105 Å². The maximum absolute atomic E-state index is 13.2. The molecule has 2 heterocycles. The van der Waals surface area contributed by atoms with E-state index in [1.54, 1.807) is 6.92 Å². The fraction of sp³-hybridized carbons (Fsp3) is 0.951. The van der Waals surface area contributed by atoms with Crippen LogP contribution in [0.4, 0.5) is 0 Å². The normalized spacial score (nSPS) is 28.8. The van der Waals surface area contributed by atoms with Gasteiger partial charge in [0, 0.05) is 11.8 Å². The monoisotopic (exact) mass is 1020 g/mol. The highest BCUT2D eigenvalue weighted by atomic mass is 31.3. The molecule has 25 heteroatoms. The van der Waals surface area contributed by atoms with Crippen molar-refractivity contribution in [2.45, 2.75) is 218 Å². The van der Waals surface area contributed by atoms with E-state index >= 15 is 0 Å². The minimum atomic E-state index is -5.52. The highest BCUT2D eigenvalue weighted by Crippen LogP contribution is 2.61. The van der Waals surface area contributed by atoms with Crippen molar-refractivity contribution in [3.05, 3.63) is 0 Å². The third kappa shape index (κ3) is 23.8. The van der Waals surface area contributed by atoms with Gasteiger partial charge in [-0.1, -0.05) is 125 Å². The Bertz CT molecular complexity index is 1520. The van der Waals surface area contributed by atoms with E-state index in [-0.39, 0.29) is 13.0 Å². The molecule has 390 valence electrons. The molecule has 22 nitrogen and oxygen atoms in total. The molecule has 2 saturated heterocycles. The lowest BCUT2D eigenvalue weighted by Crippen LogP contribution is -2.59. The quantitative estimate of drug-likeness (QED) is 0.0210. The van der Waals surface area contributed by atoms with Crippen molar-refractivity contribution in [1.29, 1.82) is 0 Å². The van der Waals surface area contributed by atoms with Crippen LogP contribution in [0.1, 0.15) is 157 Å². The lowest BCUT2D eigenvalue weighted by Gasteiger charge is -2.45. The summed E-state index contributed by atoms with van der Waals surface area (Å²) >= 11 is 0. The Labute approximate surface area is 389 Å². The molecule has 2 fully saturated rings. The number of aliphatic hydroxyl groups is 4. The first-order valence-electron chi connectivity index (χ1n) is 23.5. The predicted octanol–water partition coefficient (Wildman–Crippen LogP) is 5.82. The number of rotatable bonds is 35. The summed E-state index contributed by atoms with van der Waals surface area (Å²) in [5, 5.41) is 43.0. The van der Waals surface area contributed by atoms with Crippen molar-refractivity contribution in [2.75, 3.05) is 19.8 Å². The summed E-state index contributed by atoms with van der Waals surface area (Å²) in [5.41, 5.74) is 0. The lowest BCUT2D eigenvalue weighted by atomic mass is 9.91. The van der Waals surface area contributed by atoms with Crippen molar-refractivity contribution in [2.24, 2.45) is 11.8 Å². The van der Waals surface area contributed by atoms with Gasteiger partial charge in [-0.05, 0) is 19.3 Å². The van der Waals surface area contributed by atoms with Crippen LogP contribution in [0.3, 0.4) is 0 Å². The molecule has 0 bridgehead atoms. The molecule has 0 spiro atoms. The minimum absolute atomic E-state index is 0.249. The number of hydrogen-bond acceptors (Lipinski definition) is 18. The lowest BCUT2D eigenvalue weighted by molar-refractivity contribution is -0.308. The number of carbonyl (C=O) groups excluding carboxylic acids is 2. The van der Waals surface area contributed by atoms with Gasteiger partial charge in [0.15, 0.2) is 12.6 Å². The van der Waals surface area contributed by atoms with Gasteiger partial charge in [0.2, 0.25) is 0 Å². The van der Waals surface area contributed by atoms with Crippen LogP contribution >= 0.6 is 23.5 Å². The molecule has 0 radical (unpaired) electrons. The van der Waals surface area contributed by atoms with E-state index in [2.05, 4.69) is 22.7 Å². The predicted molar refractivity (Wildman–Crippen MR) is 236 cm³/mol. The van der Waals surface area contributed by atoms with E-state index in [1.165, 1.54) is 13.8 Å². The van der Waals surface area contributed by atoms with Gasteiger partial charge >= 0.3 is 35.4 Å². The Kier molecular flexibility index (Phi) is 29.1. The van der Waals surface area contributed by atoms with Gasteiger partial charge in [0.25, 0.3) is 0 Å². The van der Waals surface area contributed by atoms with E-state index < -0.39 is 135 Å². The number of hydrogen-bond donors (Lipinski definition) is 8. The zero-order valence-corrected chi connectivity index (χ0v) is 41.8. The maximum atomic E-state index is 13.2. The second kappa shape index (κ2) is 31.4. The average molecular weight is 1020 g/mol. The molecule has 0 aliphatic carbocycles. The molecular formula is C41H79O22P3. The Morgan fingerprint density at radius 1 is 0.606 bits per heavy atom. The molecule has 2 aliphatic heterocycles. The second-order valence-electron chi connectivity index (χ2n) is 17.3. The highest BCUT2D eigenvalue weighted by molar-refractivity contribution is 7.61. The average Bonchev–Trinajstić information content (AvgIpc) is 3.22. The summed E-state index contributed by atoms with van der Waals surface area (Å²) in [6.45, 7) is 6.60. The number of aliphatic hydroxyl groups excluding tert-OH is 4. The number of ether oxygens (including phenoxy) is 5. The summed E-state index contributed by atoms with van der Waals surface area (Å²) in [7, 11) is -16.0. The zero-order chi connectivity index (χ0) is 49.5. The highest BCUT2D eigenvalue weighted by Gasteiger charge is 2.52. The van der Waals surface area contributed by atoms with E-state index in [0.29, 0.717) is 25.7 Å². The SMILES string of the molecule is CCCCCCCCCC(O)CC(=O)OC1C(C)C(OP(=O)(O)OP(=O)(O)OCCC)OC(COC2OC(CO)C(OP(=O)(O)O)C(OC(=O)CC(O)CCCCCCCCC)C2C)C1O.